The Morgan fingerprint density at radius 3 is 2.53 bits per heavy atom. The largest absolute Gasteiger partial charge is 0.478 e. The van der Waals surface area contributed by atoms with Crippen LogP contribution in [0.5, 0.6) is 0 Å². The van der Waals surface area contributed by atoms with E-state index in [-0.39, 0.29) is 28.5 Å². The highest BCUT2D eigenvalue weighted by atomic mass is 35.5. The Morgan fingerprint density at radius 2 is 1.85 bits per heavy atom. The number of carbonyl (C=O) groups excluding carboxylic acids is 3. The molecule has 0 spiro atoms. The van der Waals surface area contributed by atoms with Gasteiger partial charge in [0, 0.05) is 5.56 Å². The number of nitrogens with one attached hydrogen (secondary N) is 1. The zero-order valence-corrected chi connectivity index (χ0v) is 18.5. The van der Waals surface area contributed by atoms with Crippen LogP contribution >= 0.6 is 11.6 Å². The fraction of sp³-hybridized carbons (Fsp3) is 0.0833. The van der Waals surface area contributed by atoms with E-state index in [1.54, 1.807) is 25.1 Å². The van der Waals surface area contributed by atoms with Crippen molar-refractivity contribution in [2.75, 3.05) is 11.6 Å². The number of benzene rings is 2. The molecular formula is C24H17ClN2O7. The standard InChI is InChI=1S/C24H17ClN2O7/c1-2-33-24(32)13-3-6-15(7-4-13)27-22(29)18(21(28)26-27)12-16-8-10-20(34-16)14-5-9-19(25)17(11-14)23(30)31/h3-12H,2H2,1H3,(H,26,28)(H,30,31)/b18-12+. The molecule has 9 nitrogen and oxygen atoms in total. The van der Waals surface area contributed by atoms with Crippen molar-refractivity contribution in [1.29, 1.82) is 0 Å². The van der Waals surface area contributed by atoms with Gasteiger partial charge >= 0.3 is 11.9 Å². The number of hydrazine groups is 1. The summed E-state index contributed by atoms with van der Waals surface area (Å²) < 4.78 is 10.6. The minimum Gasteiger partial charge on any atom is -0.478 e. The van der Waals surface area contributed by atoms with Gasteiger partial charge in [-0.05, 0) is 67.6 Å². The predicted octanol–water partition coefficient (Wildman–Crippen LogP) is 3.94. The molecule has 1 aliphatic heterocycles. The van der Waals surface area contributed by atoms with Gasteiger partial charge in [0.1, 0.15) is 17.1 Å². The number of carboxylic acids is 1. The molecular weight excluding hydrogens is 464 g/mol. The fourth-order valence-electron chi connectivity index (χ4n) is 3.27. The van der Waals surface area contributed by atoms with Crippen LogP contribution < -0.4 is 10.4 Å². The first-order chi connectivity index (χ1) is 16.3. The van der Waals surface area contributed by atoms with Crippen molar-refractivity contribution in [1.82, 2.24) is 5.43 Å². The summed E-state index contributed by atoms with van der Waals surface area (Å²) in [4.78, 5) is 48.4. The van der Waals surface area contributed by atoms with Gasteiger partial charge < -0.3 is 14.3 Å². The summed E-state index contributed by atoms with van der Waals surface area (Å²) >= 11 is 5.90. The Kier molecular flexibility index (Phi) is 6.20. The SMILES string of the molecule is CCOC(=O)c1ccc(N2NC(=O)/C(=C\c3ccc(-c4ccc(Cl)c(C(=O)O)c4)o3)C2=O)cc1. The van der Waals surface area contributed by atoms with Crippen molar-refractivity contribution in [3.05, 3.63) is 82.1 Å². The van der Waals surface area contributed by atoms with Crippen LogP contribution in [0.25, 0.3) is 17.4 Å². The molecule has 0 saturated carbocycles. The normalized spacial score (nSPS) is 14.4. The molecule has 1 aliphatic rings. The van der Waals surface area contributed by atoms with Crippen molar-refractivity contribution in [3.63, 3.8) is 0 Å². The van der Waals surface area contributed by atoms with E-state index < -0.39 is 23.8 Å². The van der Waals surface area contributed by atoms with Gasteiger partial charge in [-0.15, -0.1) is 0 Å². The molecule has 34 heavy (non-hydrogen) atoms. The molecule has 0 bridgehead atoms. The number of ether oxygens (including phenoxy) is 1. The van der Waals surface area contributed by atoms with E-state index in [9.17, 15) is 24.3 Å². The summed E-state index contributed by atoms with van der Waals surface area (Å²) in [5, 5.41) is 10.4. The first-order valence-electron chi connectivity index (χ1n) is 10.1. The number of nitrogens with zero attached hydrogens (tertiary/aromatic N) is 1. The van der Waals surface area contributed by atoms with Crippen molar-refractivity contribution in [2.45, 2.75) is 6.92 Å². The molecule has 0 unspecified atom stereocenters. The van der Waals surface area contributed by atoms with Crippen molar-refractivity contribution in [2.24, 2.45) is 0 Å². The van der Waals surface area contributed by atoms with Gasteiger partial charge in [-0.2, -0.15) is 0 Å². The molecule has 0 atom stereocenters. The Morgan fingerprint density at radius 1 is 1.12 bits per heavy atom. The topological polar surface area (TPSA) is 126 Å². The third-order valence-corrected chi connectivity index (χ3v) is 5.25. The molecule has 10 heteroatoms. The van der Waals surface area contributed by atoms with Gasteiger partial charge in [-0.1, -0.05) is 11.6 Å². The number of carbonyl (C=O) groups is 4. The molecule has 3 aromatic rings. The first-order valence-corrected chi connectivity index (χ1v) is 10.4. The maximum absolute atomic E-state index is 12.8. The lowest BCUT2D eigenvalue weighted by Gasteiger charge is -2.14. The number of amides is 2. The van der Waals surface area contributed by atoms with E-state index in [1.165, 1.54) is 42.5 Å². The van der Waals surface area contributed by atoms with E-state index in [0.717, 1.165) is 5.01 Å². The van der Waals surface area contributed by atoms with E-state index in [2.05, 4.69) is 5.43 Å². The summed E-state index contributed by atoms with van der Waals surface area (Å²) in [7, 11) is 0. The summed E-state index contributed by atoms with van der Waals surface area (Å²) in [6, 6.07) is 13.6. The Bertz CT molecular complexity index is 1340. The molecule has 1 fully saturated rings. The molecule has 0 radical (unpaired) electrons. The molecule has 2 amide bonds. The number of furan rings is 1. The van der Waals surface area contributed by atoms with Gasteiger partial charge in [-0.3, -0.25) is 15.0 Å². The average Bonchev–Trinajstić information content (AvgIpc) is 3.40. The highest BCUT2D eigenvalue weighted by molar-refractivity contribution is 6.33. The number of halogens is 1. The van der Waals surface area contributed by atoms with Crippen molar-refractivity contribution in [3.8, 4) is 11.3 Å². The van der Waals surface area contributed by atoms with Crippen LogP contribution in [0.15, 0.2) is 64.6 Å². The lowest BCUT2D eigenvalue weighted by Crippen LogP contribution is -2.35. The van der Waals surface area contributed by atoms with Gasteiger partial charge in [0.05, 0.1) is 28.4 Å². The quantitative estimate of drug-likeness (QED) is 0.311. The smallest absolute Gasteiger partial charge is 0.338 e. The summed E-state index contributed by atoms with van der Waals surface area (Å²) in [6.45, 7) is 1.94. The molecule has 2 N–H and O–H groups in total. The average molecular weight is 481 g/mol. The Hall–Kier alpha value is -4.37. The van der Waals surface area contributed by atoms with Crippen LogP contribution in [-0.4, -0.2) is 35.5 Å². The zero-order chi connectivity index (χ0) is 24.4. The summed E-state index contributed by atoms with van der Waals surface area (Å²) in [5.41, 5.74) is 3.38. The van der Waals surface area contributed by atoms with Crippen LogP contribution in [0, 0.1) is 0 Å². The van der Waals surface area contributed by atoms with E-state index in [0.29, 0.717) is 22.6 Å². The Balaban J connectivity index is 1.56. The molecule has 172 valence electrons. The fourth-order valence-corrected chi connectivity index (χ4v) is 3.47. The van der Waals surface area contributed by atoms with Gasteiger partial charge in [-0.25, -0.2) is 14.6 Å². The number of hydrogen-bond donors (Lipinski definition) is 2. The highest BCUT2D eigenvalue weighted by Crippen LogP contribution is 2.29. The number of esters is 1. The number of carboxylic acid groups (broad SMARTS) is 1. The lowest BCUT2D eigenvalue weighted by atomic mass is 10.1. The third kappa shape index (κ3) is 4.41. The molecule has 1 saturated heterocycles. The van der Waals surface area contributed by atoms with E-state index >= 15 is 0 Å². The van der Waals surface area contributed by atoms with Crippen LogP contribution in [0.4, 0.5) is 5.69 Å². The number of aromatic carboxylic acids is 1. The highest BCUT2D eigenvalue weighted by Gasteiger charge is 2.34. The van der Waals surface area contributed by atoms with Crippen molar-refractivity contribution >= 4 is 47.1 Å². The van der Waals surface area contributed by atoms with Crippen molar-refractivity contribution < 1.29 is 33.4 Å². The molecule has 1 aromatic heterocycles. The van der Waals surface area contributed by atoms with E-state index in [4.69, 9.17) is 20.8 Å². The second-order valence-electron chi connectivity index (χ2n) is 7.11. The summed E-state index contributed by atoms with van der Waals surface area (Å²) in [6.07, 6.45) is 1.29. The van der Waals surface area contributed by atoms with Gasteiger partial charge in [0.2, 0.25) is 0 Å². The lowest BCUT2D eigenvalue weighted by molar-refractivity contribution is -0.117. The maximum Gasteiger partial charge on any atom is 0.338 e. The predicted molar refractivity (Wildman–Crippen MR) is 122 cm³/mol. The third-order valence-electron chi connectivity index (χ3n) is 4.92. The van der Waals surface area contributed by atoms with Crippen LogP contribution in [0.1, 0.15) is 33.4 Å². The van der Waals surface area contributed by atoms with Crippen LogP contribution in [-0.2, 0) is 14.3 Å². The zero-order valence-electron chi connectivity index (χ0n) is 17.7. The minimum atomic E-state index is -1.18. The molecule has 4 rings (SSSR count). The number of rotatable bonds is 6. The number of anilines is 1. The minimum absolute atomic E-state index is 0.0783. The monoisotopic (exact) mass is 480 g/mol. The van der Waals surface area contributed by atoms with Crippen LogP contribution in [0.2, 0.25) is 5.02 Å². The first kappa shape index (κ1) is 22.8. The molecule has 2 heterocycles. The van der Waals surface area contributed by atoms with Gasteiger partial charge in [0.15, 0.2) is 0 Å². The maximum atomic E-state index is 12.8. The molecule has 0 aliphatic carbocycles. The second-order valence-corrected chi connectivity index (χ2v) is 7.52. The second kappa shape index (κ2) is 9.24. The van der Waals surface area contributed by atoms with E-state index in [1.807, 2.05) is 0 Å². The summed E-state index contributed by atoms with van der Waals surface area (Å²) in [5.74, 6) is -2.34. The Labute approximate surface area is 198 Å². The molecule has 2 aromatic carbocycles. The van der Waals surface area contributed by atoms with Gasteiger partial charge in [0.25, 0.3) is 11.8 Å². The van der Waals surface area contributed by atoms with Crippen LogP contribution in [0.3, 0.4) is 0 Å². The number of hydrogen-bond acceptors (Lipinski definition) is 6.